The van der Waals surface area contributed by atoms with Gasteiger partial charge in [-0.3, -0.25) is 4.79 Å². The molecule has 0 aromatic carbocycles. The summed E-state index contributed by atoms with van der Waals surface area (Å²) in [4.78, 5) is 14.1. The number of nitrogens with zero attached hydrogens (tertiary/aromatic N) is 1. The van der Waals surface area contributed by atoms with Gasteiger partial charge in [-0.2, -0.15) is 0 Å². The lowest BCUT2D eigenvalue weighted by Crippen LogP contribution is -2.42. The molecule has 14 heavy (non-hydrogen) atoms. The summed E-state index contributed by atoms with van der Waals surface area (Å²) >= 11 is 0. The highest BCUT2D eigenvalue weighted by Crippen LogP contribution is 2.19. The van der Waals surface area contributed by atoms with Crippen molar-refractivity contribution in [2.45, 2.75) is 46.5 Å². The first-order valence-electron chi connectivity index (χ1n) is 5.97. The molecule has 0 bridgehead atoms. The Labute approximate surface area is 87.7 Å². The Morgan fingerprint density at radius 2 is 2.07 bits per heavy atom. The summed E-state index contributed by atoms with van der Waals surface area (Å²) in [6, 6.07) is 0. The molecular weight excluding hydrogens is 174 g/mol. The fraction of sp³-hybridized carbons (Fsp3) is 0.917. The third-order valence-corrected chi connectivity index (χ3v) is 3.30. The third-order valence-electron chi connectivity index (χ3n) is 3.30. The van der Waals surface area contributed by atoms with E-state index in [0.29, 0.717) is 11.8 Å². The van der Waals surface area contributed by atoms with Crippen molar-refractivity contribution in [2.75, 3.05) is 13.1 Å². The quantitative estimate of drug-likeness (QED) is 0.681. The molecule has 1 aliphatic rings. The fourth-order valence-electron chi connectivity index (χ4n) is 2.29. The zero-order valence-corrected chi connectivity index (χ0v) is 9.75. The van der Waals surface area contributed by atoms with Gasteiger partial charge in [0.2, 0.25) is 5.91 Å². The van der Waals surface area contributed by atoms with Crippen molar-refractivity contribution < 1.29 is 4.79 Å². The molecule has 82 valence electrons. The van der Waals surface area contributed by atoms with E-state index in [0.717, 1.165) is 25.9 Å². The molecule has 0 aromatic rings. The predicted molar refractivity (Wildman–Crippen MR) is 59.1 cm³/mol. The van der Waals surface area contributed by atoms with Crippen LogP contribution in [0.25, 0.3) is 0 Å². The summed E-state index contributed by atoms with van der Waals surface area (Å²) in [6.45, 7) is 8.43. The summed E-state index contributed by atoms with van der Waals surface area (Å²) in [5.74, 6) is 1.35. The van der Waals surface area contributed by atoms with Gasteiger partial charge in [-0.15, -0.1) is 0 Å². The van der Waals surface area contributed by atoms with E-state index in [1.165, 1.54) is 12.8 Å². The zero-order valence-electron chi connectivity index (χ0n) is 9.75. The average molecular weight is 197 g/mol. The minimum atomic E-state index is 0.264. The van der Waals surface area contributed by atoms with Gasteiger partial charge in [-0.05, 0) is 31.6 Å². The maximum Gasteiger partial charge on any atom is 0.225 e. The number of rotatable bonds is 3. The van der Waals surface area contributed by atoms with Crippen LogP contribution in [0.2, 0.25) is 0 Å². The molecule has 1 fully saturated rings. The molecule has 1 amide bonds. The molecule has 0 saturated carbocycles. The van der Waals surface area contributed by atoms with Gasteiger partial charge in [0.1, 0.15) is 0 Å². The lowest BCUT2D eigenvalue weighted by molar-refractivity contribution is -0.137. The van der Waals surface area contributed by atoms with E-state index < -0.39 is 0 Å². The Hall–Kier alpha value is -0.530. The van der Waals surface area contributed by atoms with Crippen molar-refractivity contribution in [1.82, 2.24) is 4.90 Å². The monoisotopic (exact) mass is 197 g/mol. The third kappa shape index (κ3) is 2.73. The first-order chi connectivity index (χ1) is 6.69. The molecule has 0 spiro atoms. The van der Waals surface area contributed by atoms with E-state index in [-0.39, 0.29) is 5.92 Å². The minimum Gasteiger partial charge on any atom is -0.342 e. The van der Waals surface area contributed by atoms with Gasteiger partial charge < -0.3 is 4.90 Å². The SMILES string of the molecule is CCC(CC)C(=O)N1CCC[C@@H](C)C1. The number of hydrogen-bond donors (Lipinski definition) is 0. The molecule has 1 saturated heterocycles. The molecule has 1 rings (SSSR count). The van der Waals surface area contributed by atoms with Crippen LogP contribution in [0.4, 0.5) is 0 Å². The Balaban J connectivity index is 2.50. The average Bonchev–Trinajstić information content (AvgIpc) is 2.19. The second-order valence-corrected chi connectivity index (χ2v) is 4.55. The van der Waals surface area contributed by atoms with Crippen molar-refractivity contribution in [1.29, 1.82) is 0 Å². The second-order valence-electron chi connectivity index (χ2n) is 4.55. The van der Waals surface area contributed by atoms with Crippen LogP contribution in [-0.4, -0.2) is 23.9 Å². The highest BCUT2D eigenvalue weighted by Gasteiger charge is 2.25. The number of likely N-dealkylation sites (tertiary alicyclic amines) is 1. The zero-order chi connectivity index (χ0) is 10.6. The summed E-state index contributed by atoms with van der Waals surface area (Å²) in [7, 11) is 0. The number of carbonyl (C=O) groups is 1. The lowest BCUT2D eigenvalue weighted by Gasteiger charge is -2.33. The number of carbonyl (C=O) groups excluding carboxylic acids is 1. The molecule has 0 aromatic heterocycles. The minimum absolute atomic E-state index is 0.264. The Morgan fingerprint density at radius 1 is 1.43 bits per heavy atom. The van der Waals surface area contributed by atoms with Gasteiger partial charge >= 0.3 is 0 Å². The van der Waals surface area contributed by atoms with Gasteiger partial charge in [0.15, 0.2) is 0 Å². The van der Waals surface area contributed by atoms with E-state index in [1.54, 1.807) is 0 Å². The molecule has 0 unspecified atom stereocenters. The van der Waals surface area contributed by atoms with Crippen LogP contribution in [0.3, 0.4) is 0 Å². The second kappa shape index (κ2) is 5.38. The highest BCUT2D eigenvalue weighted by atomic mass is 16.2. The van der Waals surface area contributed by atoms with Gasteiger partial charge in [-0.25, -0.2) is 0 Å². The van der Waals surface area contributed by atoms with Crippen molar-refractivity contribution in [2.24, 2.45) is 11.8 Å². The summed E-state index contributed by atoms with van der Waals surface area (Å²) in [5, 5.41) is 0. The number of piperidine rings is 1. The number of amides is 1. The summed E-state index contributed by atoms with van der Waals surface area (Å²) in [6.07, 6.45) is 4.44. The first-order valence-corrected chi connectivity index (χ1v) is 5.97. The molecule has 1 atom stereocenters. The molecule has 0 aliphatic carbocycles. The largest absolute Gasteiger partial charge is 0.342 e. The first kappa shape index (κ1) is 11.5. The highest BCUT2D eigenvalue weighted by molar-refractivity contribution is 5.78. The molecule has 1 heterocycles. The van der Waals surface area contributed by atoms with Gasteiger partial charge in [0.25, 0.3) is 0 Å². The number of hydrogen-bond acceptors (Lipinski definition) is 1. The standard InChI is InChI=1S/C12H23NO/c1-4-11(5-2)12(14)13-8-6-7-10(3)9-13/h10-11H,4-9H2,1-3H3/t10-/m1/s1. The molecular formula is C12H23NO. The summed E-state index contributed by atoms with van der Waals surface area (Å²) < 4.78 is 0. The van der Waals surface area contributed by atoms with Crippen LogP contribution < -0.4 is 0 Å². The Kier molecular flexibility index (Phi) is 4.43. The van der Waals surface area contributed by atoms with Gasteiger partial charge in [0, 0.05) is 19.0 Å². The van der Waals surface area contributed by atoms with Gasteiger partial charge in [-0.1, -0.05) is 20.8 Å². The maximum absolute atomic E-state index is 12.0. The molecule has 2 heteroatoms. The van der Waals surface area contributed by atoms with E-state index >= 15 is 0 Å². The van der Waals surface area contributed by atoms with Crippen LogP contribution in [0.5, 0.6) is 0 Å². The Bertz CT molecular complexity index is 187. The van der Waals surface area contributed by atoms with Crippen LogP contribution in [0, 0.1) is 11.8 Å². The lowest BCUT2D eigenvalue weighted by atomic mass is 9.96. The molecule has 0 radical (unpaired) electrons. The van der Waals surface area contributed by atoms with E-state index in [2.05, 4.69) is 25.7 Å². The van der Waals surface area contributed by atoms with E-state index in [9.17, 15) is 4.79 Å². The van der Waals surface area contributed by atoms with E-state index in [1.807, 2.05) is 0 Å². The maximum atomic E-state index is 12.0. The van der Waals surface area contributed by atoms with Crippen molar-refractivity contribution in [3.63, 3.8) is 0 Å². The van der Waals surface area contributed by atoms with Crippen molar-refractivity contribution in [3.8, 4) is 0 Å². The predicted octanol–water partition coefficient (Wildman–Crippen LogP) is 2.68. The molecule has 2 nitrogen and oxygen atoms in total. The topological polar surface area (TPSA) is 20.3 Å². The summed E-state index contributed by atoms with van der Waals surface area (Å²) in [5.41, 5.74) is 0. The smallest absolute Gasteiger partial charge is 0.225 e. The van der Waals surface area contributed by atoms with Crippen LogP contribution in [0.15, 0.2) is 0 Å². The molecule has 0 N–H and O–H groups in total. The fourth-order valence-corrected chi connectivity index (χ4v) is 2.29. The van der Waals surface area contributed by atoms with Gasteiger partial charge in [0.05, 0.1) is 0 Å². The van der Waals surface area contributed by atoms with Crippen molar-refractivity contribution in [3.05, 3.63) is 0 Å². The van der Waals surface area contributed by atoms with Crippen molar-refractivity contribution >= 4 is 5.91 Å². The Morgan fingerprint density at radius 3 is 2.57 bits per heavy atom. The van der Waals surface area contributed by atoms with Crippen LogP contribution >= 0.6 is 0 Å². The van der Waals surface area contributed by atoms with Crippen LogP contribution in [-0.2, 0) is 4.79 Å². The van der Waals surface area contributed by atoms with E-state index in [4.69, 9.17) is 0 Å². The normalized spacial score (nSPS) is 22.9. The van der Waals surface area contributed by atoms with Crippen LogP contribution in [0.1, 0.15) is 46.5 Å². The molecule has 1 aliphatic heterocycles.